The summed E-state index contributed by atoms with van der Waals surface area (Å²) in [7, 11) is -3.60. The van der Waals surface area contributed by atoms with Gasteiger partial charge in [-0.15, -0.1) is 0 Å². The van der Waals surface area contributed by atoms with Crippen LogP contribution in [0, 0.1) is 12.8 Å². The molecule has 0 aliphatic carbocycles. The van der Waals surface area contributed by atoms with Gasteiger partial charge in [0, 0.05) is 30.7 Å². The lowest BCUT2D eigenvalue weighted by Gasteiger charge is -2.31. The Balaban J connectivity index is 1.48. The van der Waals surface area contributed by atoms with Crippen molar-refractivity contribution in [1.82, 2.24) is 9.62 Å². The summed E-state index contributed by atoms with van der Waals surface area (Å²) in [6, 6.07) is 8.25. The molecule has 1 aliphatic rings. The van der Waals surface area contributed by atoms with Crippen LogP contribution in [0.5, 0.6) is 0 Å². The number of aryl methyl sites for hydroxylation is 1. The number of halogens is 1. The van der Waals surface area contributed by atoms with Crippen LogP contribution >= 0.6 is 11.6 Å². The van der Waals surface area contributed by atoms with E-state index in [-0.39, 0.29) is 16.7 Å². The number of sulfonamides is 1. The number of hydrogen-bond acceptors (Lipinski definition) is 4. The minimum atomic E-state index is -3.60. The van der Waals surface area contributed by atoms with Crippen molar-refractivity contribution in [2.45, 2.75) is 24.7 Å². The van der Waals surface area contributed by atoms with Crippen molar-refractivity contribution in [3.05, 3.63) is 59.0 Å². The molecule has 0 saturated carbocycles. The van der Waals surface area contributed by atoms with Gasteiger partial charge in [0.25, 0.3) is 0 Å². The van der Waals surface area contributed by atoms with Crippen LogP contribution in [0.25, 0.3) is 6.08 Å². The molecule has 28 heavy (non-hydrogen) atoms. The maximum absolute atomic E-state index is 12.5. The molecule has 8 heteroatoms. The van der Waals surface area contributed by atoms with Crippen LogP contribution in [0.3, 0.4) is 0 Å². The Kier molecular flexibility index (Phi) is 6.59. The number of likely N-dealkylation sites (tertiary alicyclic amines) is 1. The smallest absolute Gasteiger partial charge is 0.246 e. The van der Waals surface area contributed by atoms with E-state index in [4.69, 9.17) is 16.0 Å². The van der Waals surface area contributed by atoms with E-state index in [1.54, 1.807) is 41.5 Å². The van der Waals surface area contributed by atoms with E-state index in [2.05, 4.69) is 4.72 Å². The normalized spacial score (nSPS) is 16.0. The van der Waals surface area contributed by atoms with E-state index in [9.17, 15) is 13.2 Å². The molecule has 1 N–H and O–H groups in total. The van der Waals surface area contributed by atoms with Crippen molar-refractivity contribution in [3.8, 4) is 0 Å². The third kappa shape index (κ3) is 5.25. The number of rotatable bonds is 6. The van der Waals surface area contributed by atoms with Gasteiger partial charge in [-0.2, -0.15) is 0 Å². The summed E-state index contributed by atoms with van der Waals surface area (Å²) in [5, 5.41) is 0.428. The summed E-state index contributed by atoms with van der Waals surface area (Å²) in [6.07, 6.45) is 6.20. The van der Waals surface area contributed by atoms with Crippen molar-refractivity contribution in [3.63, 3.8) is 0 Å². The lowest BCUT2D eigenvalue weighted by molar-refractivity contribution is -0.127. The number of piperidine rings is 1. The quantitative estimate of drug-likeness (QED) is 0.723. The maximum atomic E-state index is 12.5. The van der Waals surface area contributed by atoms with Crippen LogP contribution < -0.4 is 4.72 Å². The molecule has 3 rings (SSSR count). The zero-order valence-corrected chi connectivity index (χ0v) is 17.2. The summed E-state index contributed by atoms with van der Waals surface area (Å²) >= 11 is 6.03. The monoisotopic (exact) mass is 422 g/mol. The molecule has 0 spiro atoms. The topological polar surface area (TPSA) is 79.6 Å². The molecule has 6 nitrogen and oxygen atoms in total. The summed E-state index contributed by atoms with van der Waals surface area (Å²) in [4.78, 5) is 14.2. The Morgan fingerprint density at radius 2 is 2.07 bits per heavy atom. The fourth-order valence-corrected chi connectivity index (χ4v) is 4.44. The highest BCUT2D eigenvalue weighted by Gasteiger charge is 2.23. The molecule has 1 fully saturated rings. The molecule has 0 bridgehead atoms. The Morgan fingerprint density at radius 3 is 2.71 bits per heavy atom. The van der Waals surface area contributed by atoms with Gasteiger partial charge in [0.15, 0.2) is 0 Å². The minimum absolute atomic E-state index is 0.0651. The molecule has 0 atom stereocenters. The molecule has 1 aromatic heterocycles. The first kappa shape index (κ1) is 20.6. The van der Waals surface area contributed by atoms with Crippen molar-refractivity contribution in [2.24, 2.45) is 5.92 Å². The van der Waals surface area contributed by atoms with Gasteiger partial charge in [0.05, 0.1) is 11.2 Å². The lowest BCUT2D eigenvalue weighted by atomic mass is 9.97. The third-order valence-electron chi connectivity index (χ3n) is 4.88. The third-order valence-corrected chi connectivity index (χ3v) is 6.70. The van der Waals surface area contributed by atoms with Gasteiger partial charge < -0.3 is 9.32 Å². The largest absolute Gasteiger partial charge is 0.465 e. The molecule has 1 aliphatic heterocycles. The first-order chi connectivity index (χ1) is 13.3. The van der Waals surface area contributed by atoms with E-state index in [1.807, 2.05) is 6.92 Å². The molecule has 150 valence electrons. The summed E-state index contributed by atoms with van der Waals surface area (Å²) in [5.74, 6) is 0.757. The average Bonchev–Trinajstić information content (AvgIpc) is 3.20. The van der Waals surface area contributed by atoms with Crippen LogP contribution in [0.1, 0.15) is 24.2 Å². The lowest BCUT2D eigenvalue weighted by Crippen LogP contribution is -2.40. The summed E-state index contributed by atoms with van der Waals surface area (Å²) in [6.45, 7) is 3.37. The number of furan rings is 1. The molecule has 1 saturated heterocycles. The van der Waals surface area contributed by atoms with E-state index in [0.717, 1.165) is 18.4 Å². The number of benzene rings is 1. The molecule has 0 unspecified atom stereocenters. The predicted molar refractivity (Wildman–Crippen MR) is 108 cm³/mol. The average molecular weight is 423 g/mol. The van der Waals surface area contributed by atoms with Crippen molar-refractivity contribution < 1.29 is 17.6 Å². The number of nitrogens with one attached hydrogen (secondary N) is 1. The predicted octanol–water partition coefficient (Wildman–Crippen LogP) is 3.47. The second-order valence-corrected chi connectivity index (χ2v) is 9.05. The Hall–Kier alpha value is -2.09. The maximum Gasteiger partial charge on any atom is 0.246 e. The first-order valence-corrected chi connectivity index (χ1v) is 11.0. The van der Waals surface area contributed by atoms with Gasteiger partial charge in [-0.25, -0.2) is 13.1 Å². The van der Waals surface area contributed by atoms with Gasteiger partial charge in [0.1, 0.15) is 5.76 Å². The second-order valence-electron chi connectivity index (χ2n) is 6.88. The zero-order chi connectivity index (χ0) is 20.1. The number of nitrogens with zero attached hydrogens (tertiary/aromatic N) is 1. The molecule has 1 aromatic carbocycles. The fourth-order valence-electron chi connectivity index (χ4n) is 3.05. The van der Waals surface area contributed by atoms with Crippen LogP contribution in [-0.2, 0) is 14.8 Å². The minimum Gasteiger partial charge on any atom is -0.465 e. The van der Waals surface area contributed by atoms with Gasteiger partial charge in [0.2, 0.25) is 15.9 Å². The number of amides is 1. The van der Waals surface area contributed by atoms with E-state index >= 15 is 0 Å². The number of carbonyl (C=O) groups excluding carboxylic acids is 1. The Labute approximate surface area is 170 Å². The van der Waals surface area contributed by atoms with Gasteiger partial charge in [-0.1, -0.05) is 17.7 Å². The number of carbonyl (C=O) groups is 1. The molecular weight excluding hydrogens is 400 g/mol. The van der Waals surface area contributed by atoms with Crippen LogP contribution in [0.15, 0.2) is 52.0 Å². The molecule has 2 heterocycles. The second kappa shape index (κ2) is 8.94. The van der Waals surface area contributed by atoms with Gasteiger partial charge >= 0.3 is 0 Å². The van der Waals surface area contributed by atoms with Crippen molar-refractivity contribution in [2.75, 3.05) is 19.6 Å². The van der Waals surface area contributed by atoms with Crippen LogP contribution in [0.2, 0.25) is 5.02 Å². The standard InChI is InChI=1S/C20H23ClN2O4S/c1-15-4-6-18(13-19(15)21)28(25,26)22-14-16-8-10-23(11-9-16)20(24)7-5-17-3-2-12-27-17/h2-7,12-13,16,22H,8-11,14H2,1H3/b7-5+. The van der Waals surface area contributed by atoms with Crippen LogP contribution in [0.4, 0.5) is 0 Å². The highest BCUT2D eigenvalue weighted by molar-refractivity contribution is 7.89. The van der Waals surface area contributed by atoms with Gasteiger partial charge in [-0.05, 0) is 61.6 Å². The Bertz CT molecular complexity index is 947. The fraction of sp³-hybridized carbons (Fsp3) is 0.350. The van der Waals surface area contributed by atoms with E-state index < -0.39 is 10.0 Å². The first-order valence-electron chi connectivity index (χ1n) is 9.11. The van der Waals surface area contributed by atoms with Crippen LogP contribution in [-0.4, -0.2) is 38.9 Å². The SMILES string of the molecule is Cc1ccc(S(=O)(=O)NCC2CCN(C(=O)/C=C/c3ccco3)CC2)cc1Cl. The highest BCUT2D eigenvalue weighted by Crippen LogP contribution is 2.21. The Morgan fingerprint density at radius 1 is 1.32 bits per heavy atom. The summed E-state index contributed by atoms with van der Waals surface area (Å²) in [5.41, 5.74) is 0.832. The molecule has 1 amide bonds. The van der Waals surface area contributed by atoms with E-state index in [1.165, 1.54) is 12.1 Å². The highest BCUT2D eigenvalue weighted by atomic mass is 35.5. The van der Waals surface area contributed by atoms with Crippen molar-refractivity contribution in [1.29, 1.82) is 0 Å². The molecule has 2 aromatic rings. The summed E-state index contributed by atoms with van der Waals surface area (Å²) < 4.78 is 32.7. The zero-order valence-electron chi connectivity index (χ0n) is 15.6. The van der Waals surface area contributed by atoms with Gasteiger partial charge in [-0.3, -0.25) is 4.79 Å². The number of hydrogen-bond donors (Lipinski definition) is 1. The van der Waals surface area contributed by atoms with Crippen molar-refractivity contribution >= 4 is 33.6 Å². The molecular formula is C20H23ClN2O4S. The molecule has 0 radical (unpaired) electrons. The van der Waals surface area contributed by atoms with E-state index in [0.29, 0.717) is 30.4 Å².